The lowest BCUT2D eigenvalue weighted by Gasteiger charge is -2.17. The maximum atomic E-state index is 12.3. The van der Waals surface area contributed by atoms with E-state index in [1.807, 2.05) is 13.8 Å². The predicted molar refractivity (Wildman–Crippen MR) is 96.5 cm³/mol. The van der Waals surface area contributed by atoms with Gasteiger partial charge in [0, 0.05) is 31.6 Å². The molecule has 0 bridgehead atoms. The average molecular weight is 381 g/mol. The van der Waals surface area contributed by atoms with E-state index >= 15 is 0 Å². The van der Waals surface area contributed by atoms with E-state index in [1.54, 1.807) is 13.1 Å². The van der Waals surface area contributed by atoms with Gasteiger partial charge >= 0.3 is 12.0 Å². The molecule has 0 radical (unpaired) electrons. The Morgan fingerprint density at radius 3 is 2.73 bits per heavy atom. The van der Waals surface area contributed by atoms with E-state index in [0.29, 0.717) is 30.4 Å². The Balaban J connectivity index is 1.95. The number of likely N-dealkylation sites (N-methyl/N-ethyl adjacent to an activating group) is 1. The quantitative estimate of drug-likeness (QED) is 0.772. The molecule has 1 aromatic heterocycles. The van der Waals surface area contributed by atoms with Crippen LogP contribution in [0, 0.1) is 0 Å². The SMILES string of the molecule is COC(=O)c1cc(NC(=O)N(C)CCc2noc(C(C)C)n2)ccc1Cl. The van der Waals surface area contributed by atoms with Gasteiger partial charge in [-0.2, -0.15) is 4.98 Å². The Morgan fingerprint density at radius 2 is 2.12 bits per heavy atom. The van der Waals surface area contributed by atoms with Crippen LogP contribution in [0.25, 0.3) is 0 Å². The smallest absolute Gasteiger partial charge is 0.339 e. The van der Waals surface area contributed by atoms with Gasteiger partial charge in [-0.25, -0.2) is 9.59 Å². The molecule has 9 heteroatoms. The zero-order chi connectivity index (χ0) is 19.3. The van der Waals surface area contributed by atoms with Gasteiger partial charge < -0.3 is 19.5 Å². The first-order chi connectivity index (χ1) is 12.3. The second kappa shape index (κ2) is 8.66. The summed E-state index contributed by atoms with van der Waals surface area (Å²) in [6.45, 7) is 4.33. The first kappa shape index (κ1) is 19.7. The Kier molecular flexibility index (Phi) is 6.57. The highest BCUT2D eigenvalue weighted by Crippen LogP contribution is 2.21. The van der Waals surface area contributed by atoms with Crippen LogP contribution in [0.5, 0.6) is 0 Å². The number of aromatic nitrogens is 2. The minimum Gasteiger partial charge on any atom is -0.465 e. The lowest BCUT2D eigenvalue weighted by atomic mass is 10.2. The van der Waals surface area contributed by atoms with Crippen molar-refractivity contribution in [1.29, 1.82) is 0 Å². The normalized spacial score (nSPS) is 10.7. The molecule has 26 heavy (non-hydrogen) atoms. The average Bonchev–Trinajstić information content (AvgIpc) is 3.09. The molecule has 0 unspecified atom stereocenters. The molecule has 0 saturated carbocycles. The molecular weight excluding hydrogens is 360 g/mol. The summed E-state index contributed by atoms with van der Waals surface area (Å²) in [5, 5.41) is 6.85. The van der Waals surface area contributed by atoms with Crippen LogP contribution in [0.1, 0.15) is 41.8 Å². The number of anilines is 1. The molecular formula is C17H21ClN4O4. The van der Waals surface area contributed by atoms with Crippen molar-refractivity contribution in [1.82, 2.24) is 15.0 Å². The summed E-state index contributed by atoms with van der Waals surface area (Å²) < 4.78 is 9.80. The number of nitrogens with one attached hydrogen (secondary N) is 1. The third-order valence-corrected chi connectivity index (χ3v) is 3.95. The molecule has 0 aliphatic rings. The topological polar surface area (TPSA) is 97.6 Å². The van der Waals surface area contributed by atoms with E-state index in [0.717, 1.165) is 0 Å². The number of hydrogen-bond donors (Lipinski definition) is 1. The van der Waals surface area contributed by atoms with Gasteiger partial charge in [0.1, 0.15) is 0 Å². The number of urea groups is 1. The molecule has 2 amide bonds. The molecule has 8 nitrogen and oxygen atoms in total. The molecule has 1 aromatic carbocycles. The van der Waals surface area contributed by atoms with E-state index in [1.165, 1.54) is 24.1 Å². The van der Waals surface area contributed by atoms with Crippen LogP contribution in [-0.2, 0) is 11.2 Å². The zero-order valence-electron chi connectivity index (χ0n) is 15.1. The summed E-state index contributed by atoms with van der Waals surface area (Å²) in [5.41, 5.74) is 0.621. The van der Waals surface area contributed by atoms with Crippen molar-refractivity contribution < 1.29 is 18.8 Å². The maximum Gasteiger partial charge on any atom is 0.339 e. The number of rotatable bonds is 6. The molecule has 1 heterocycles. The van der Waals surface area contributed by atoms with Crippen LogP contribution >= 0.6 is 11.6 Å². The number of benzene rings is 1. The summed E-state index contributed by atoms with van der Waals surface area (Å²) in [4.78, 5) is 29.7. The van der Waals surface area contributed by atoms with E-state index in [4.69, 9.17) is 16.1 Å². The van der Waals surface area contributed by atoms with Gasteiger partial charge in [0.15, 0.2) is 5.82 Å². The minimum atomic E-state index is -0.572. The van der Waals surface area contributed by atoms with Crippen molar-refractivity contribution in [3.63, 3.8) is 0 Å². The fraction of sp³-hybridized carbons (Fsp3) is 0.412. The monoisotopic (exact) mass is 380 g/mol. The third kappa shape index (κ3) is 4.95. The number of carbonyl (C=O) groups excluding carboxylic acids is 2. The molecule has 0 fully saturated rings. The fourth-order valence-electron chi connectivity index (χ4n) is 2.06. The Hall–Kier alpha value is -2.61. The fourth-order valence-corrected chi connectivity index (χ4v) is 2.26. The van der Waals surface area contributed by atoms with Gasteiger partial charge in [-0.05, 0) is 18.2 Å². The number of nitrogens with zero attached hydrogens (tertiary/aromatic N) is 3. The summed E-state index contributed by atoms with van der Waals surface area (Å²) >= 11 is 5.96. The van der Waals surface area contributed by atoms with E-state index in [-0.39, 0.29) is 22.5 Å². The number of ether oxygens (including phenoxy) is 1. The second-order valence-electron chi connectivity index (χ2n) is 5.99. The molecule has 0 atom stereocenters. The van der Waals surface area contributed by atoms with Crippen molar-refractivity contribution in [2.45, 2.75) is 26.2 Å². The summed E-state index contributed by atoms with van der Waals surface area (Å²) in [6.07, 6.45) is 0.466. The van der Waals surface area contributed by atoms with Crippen LogP contribution in [0.4, 0.5) is 10.5 Å². The first-order valence-electron chi connectivity index (χ1n) is 8.04. The summed E-state index contributed by atoms with van der Waals surface area (Å²) in [7, 11) is 2.91. The van der Waals surface area contributed by atoms with Crippen molar-refractivity contribution in [2.24, 2.45) is 0 Å². The summed E-state index contributed by atoms with van der Waals surface area (Å²) in [5.74, 6) is 0.708. The van der Waals surface area contributed by atoms with Crippen molar-refractivity contribution >= 4 is 29.3 Å². The van der Waals surface area contributed by atoms with Crippen molar-refractivity contribution in [2.75, 3.05) is 26.0 Å². The highest BCUT2D eigenvalue weighted by atomic mass is 35.5. The van der Waals surface area contributed by atoms with E-state index in [2.05, 4.69) is 20.2 Å². The lowest BCUT2D eigenvalue weighted by Crippen LogP contribution is -2.33. The minimum absolute atomic E-state index is 0.159. The van der Waals surface area contributed by atoms with Crippen molar-refractivity contribution in [3.8, 4) is 0 Å². The van der Waals surface area contributed by atoms with Crippen LogP contribution in [0.2, 0.25) is 5.02 Å². The van der Waals surface area contributed by atoms with Crippen LogP contribution < -0.4 is 5.32 Å². The molecule has 2 aromatic rings. The van der Waals surface area contributed by atoms with Gasteiger partial charge in [0.25, 0.3) is 0 Å². The van der Waals surface area contributed by atoms with Gasteiger partial charge in [0.05, 0.1) is 17.7 Å². The first-order valence-corrected chi connectivity index (χ1v) is 8.42. The Labute approximate surface area is 156 Å². The molecule has 2 rings (SSSR count). The summed E-state index contributed by atoms with van der Waals surface area (Å²) in [6, 6.07) is 4.26. The highest BCUT2D eigenvalue weighted by Gasteiger charge is 2.15. The maximum absolute atomic E-state index is 12.3. The van der Waals surface area contributed by atoms with Crippen LogP contribution in [0.3, 0.4) is 0 Å². The number of carbonyl (C=O) groups is 2. The van der Waals surface area contributed by atoms with Crippen LogP contribution in [-0.4, -0.2) is 47.7 Å². The van der Waals surface area contributed by atoms with Gasteiger partial charge in [-0.1, -0.05) is 30.6 Å². The molecule has 0 saturated heterocycles. The van der Waals surface area contributed by atoms with E-state index < -0.39 is 5.97 Å². The Morgan fingerprint density at radius 1 is 1.38 bits per heavy atom. The van der Waals surface area contributed by atoms with Crippen molar-refractivity contribution in [3.05, 3.63) is 40.5 Å². The standard InChI is InChI=1S/C17H21ClN4O4/c1-10(2)15-20-14(21-26-15)7-8-22(3)17(24)19-11-5-6-13(18)12(9-11)16(23)25-4/h5-6,9-10H,7-8H2,1-4H3,(H,19,24). The molecule has 0 aliphatic heterocycles. The number of halogens is 1. The zero-order valence-corrected chi connectivity index (χ0v) is 15.8. The van der Waals surface area contributed by atoms with E-state index in [9.17, 15) is 9.59 Å². The molecule has 1 N–H and O–H groups in total. The second-order valence-corrected chi connectivity index (χ2v) is 6.40. The highest BCUT2D eigenvalue weighted by molar-refractivity contribution is 6.33. The number of hydrogen-bond acceptors (Lipinski definition) is 6. The Bertz CT molecular complexity index is 791. The van der Waals surface area contributed by atoms with Gasteiger partial charge in [0.2, 0.25) is 5.89 Å². The van der Waals surface area contributed by atoms with Crippen LogP contribution in [0.15, 0.2) is 22.7 Å². The largest absolute Gasteiger partial charge is 0.465 e. The number of esters is 1. The lowest BCUT2D eigenvalue weighted by molar-refractivity contribution is 0.0601. The third-order valence-electron chi connectivity index (χ3n) is 3.62. The molecule has 0 aliphatic carbocycles. The number of amides is 2. The van der Waals surface area contributed by atoms with Gasteiger partial charge in [-0.15, -0.1) is 0 Å². The molecule has 0 spiro atoms. The molecule has 140 valence electrons. The number of methoxy groups -OCH3 is 1. The predicted octanol–water partition coefficient (Wildman–Crippen LogP) is 3.34. The van der Waals surface area contributed by atoms with Gasteiger partial charge in [-0.3, -0.25) is 0 Å².